The molecule has 0 aromatic rings. The van der Waals surface area contributed by atoms with Gasteiger partial charge in [-0.1, -0.05) is 0 Å². The molecule has 3 saturated heterocycles. The van der Waals surface area contributed by atoms with Gasteiger partial charge in [-0.3, -0.25) is 0 Å². The van der Waals surface area contributed by atoms with E-state index in [1.807, 2.05) is 0 Å². The van der Waals surface area contributed by atoms with Crippen LogP contribution in [0.4, 0.5) is 0 Å². The molecule has 0 bridgehead atoms. The van der Waals surface area contributed by atoms with Crippen molar-refractivity contribution in [2.75, 3.05) is 32.8 Å². The van der Waals surface area contributed by atoms with Crippen LogP contribution < -0.4 is 11.5 Å². The van der Waals surface area contributed by atoms with E-state index in [1.54, 1.807) is 0 Å². The maximum Gasteiger partial charge on any atom is 0.0704 e. The van der Waals surface area contributed by atoms with Gasteiger partial charge >= 0.3 is 0 Å². The van der Waals surface area contributed by atoms with Crippen LogP contribution in [0.3, 0.4) is 0 Å². The second kappa shape index (κ2) is 7.43. The normalized spacial score (nSPS) is 35.8. The molecule has 3 heterocycles. The summed E-state index contributed by atoms with van der Waals surface area (Å²) in [6.45, 7) is 14.6. The highest BCUT2D eigenvalue weighted by molar-refractivity contribution is 5.01. The van der Waals surface area contributed by atoms with E-state index >= 15 is 0 Å². The highest BCUT2D eigenvalue weighted by Crippen LogP contribution is 2.41. The Hall–Kier alpha value is -0.200. The van der Waals surface area contributed by atoms with Crippen LogP contribution in [-0.2, 0) is 4.74 Å². The first-order valence-electron chi connectivity index (χ1n) is 10.4. The highest BCUT2D eigenvalue weighted by Gasteiger charge is 2.47. The maximum absolute atomic E-state index is 6.45. The third-order valence-electron chi connectivity index (χ3n) is 7.51. The molecular weight excluding hydrogens is 312 g/mol. The number of rotatable bonds is 4. The lowest BCUT2D eigenvalue weighted by Gasteiger charge is -2.45. The largest absolute Gasteiger partial charge is 0.376 e. The van der Waals surface area contributed by atoms with Gasteiger partial charge in [0.15, 0.2) is 0 Å². The van der Waals surface area contributed by atoms with Crippen LogP contribution in [0, 0.1) is 5.41 Å². The SMILES string of the molecule is CC(CC(C)N1CCC2(CC1)CO[C@@H](C)[C@H]2N)N1CCC(C)(N)CC1. The summed E-state index contributed by atoms with van der Waals surface area (Å²) in [6, 6.07) is 1.48. The minimum atomic E-state index is 0.0439. The number of nitrogens with zero attached hydrogens (tertiary/aromatic N) is 2. The molecule has 25 heavy (non-hydrogen) atoms. The Morgan fingerprint density at radius 2 is 1.48 bits per heavy atom. The van der Waals surface area contributed by atoms with Crippen LogP contribution in [0.25, 0.3) is 0 Å². The third kappa shape index (κ3) is 4.22. The lowest BCUT2D eigenvalue weighted by molar-refractivity contribution is 0.0409. The second-order valence-electron chi connectivity index (χ2n) is 9.56. The molecule has 3 aliphatic rings. The summed E-state index contributed by atoms with van der Waals surface area (Å²) in [6.07, 6.45) is 6.07. The second-order valence-corrected chi connectivity index (χ2v) is 9.56. The molecule has 3 aliphatic heterocycles. The highest BCUT2D eigenvalue weighted by atomic mass is 16.5. The predicted molar refractivity (Wildman–Crippen MR) is 104 cm³/mol. The molecule has 4 N–H and O–H groups in total. The first-order chi connectivity index (χ1) is 11.7. The van der Waals surface area contributed by atoms with Gasteiger partial charge in [0.2, 0.25) is 0 Å². The molecule has 5 heteroatoms. The topological polar surface area (TPSA) is 67.8 Å². The van der Waals surface area contributed by atoms with E-state index in [0.717, 1.165) is 32.5 Å². The molecule has 2 unspecified atom stereocenters. The maximum atomic E-state index is 6.45. The van der Waals surface area contributed by atoms with Crippen molar-refractivity contribution in [2.24, 2.45) is 16.9 Å². The van der Waals surface area contributed by atoms with Crippen molar-refractivity contribution in [3.8, 4) is 0 Å². The molecule has 3 fully saturated rings. The average Bonchev–Trinajstić information content (AvgIpc) is 2.84. The number of nitrogens with two attached hydrogens (primary N) is 2. The van der Waals surface area contributed by atoms with Gasteiger partial charge in [-0.2, -0.15) is 0 Å². The molecule has 0 radical (unpaired) electrons. The van der Waals surface area contributed by atoms with E-state index in [-0.39, 0.29) is 23.1 Å². The fourth-order valence-electron chi connectivity index (χ4n) is 5.15. The summed E-state index contributed by atoms with van der Waals surface area (Å²) in [5, 5.41) is 0. The van der Waals surface area contributed by atoms with Crippen molar-refractivity contribution in [3.63, 3.8) is 0 Å². The van der Waals surface area contributed by atoms with Gasteiger partial charge < -0.3 is 26.0 Å². The summed E-state index contributed by atoms with van der Waals surface area (Å²) in [4.78, 5) is 5.31. The average molecular weight is 353 g/mol. The zero-order valence-corrected chi connectivity index (χ0v) is 16.8. The van der Waals surface area contributed by atoms with Crippen LogP contribution in [0.5, 0.6) is 0 Å². The summed E-state index contributed by atoms with van der Waals surface area (Å²) in [5.41, 5.74) is 13.0. The van der Waals surface area contributed by atoms with Gasteiger partial charge in [0.05, 0.1) is 12.7 Å². The monoisotopic (exact) mass is 352 g/mol. The van der Waals surface area contributed by atoms with E-state index in [9.17, 15) is 0 Å². The minimum Gasteiger partial charge on any atom is -0.376 e. The molecule has 0 aliphatic carbocycles. The van der Waals surface area contributed by atoms with Gasteiger partial charge in [-0.15, -0.1) is 0 Å². The predicted octanol–water partition coefficient (Wildman–Crippen LogP) is 1.79. The first kappa shape index (κ1) is 19.6. The van der Waals surface area contributed by atoms with E-state index in [0.29, 0.717) is 12.1 Å². The minimum absolute atomic E-state index is 0.0439. The molecule has 4 atom stereocenters. The van der Waals surface area contributed by atoms with Gasteiger partial charge in [-0.05, 0) is 72.9 Å². The number of likely N-dealkylation sites (tertiary alicyclic amines) is 2. The molecule has 0 amide bonds. The Labute approximate surface area is 154 Å². The number of hydrogen-bond acceptors (Lipinski definition) is 5. The Balaban J connectivity index is 1.46. The van der Waals surface area contributed by atoms with Gasteiger partial charge in [0.1, 0.15) is 0 Å². The molecule has 3 rings (SSSR count). The van der Waals surface area contributed by atoms with Crippen molar-refractivity contribution in [1.29, 1.82) is 0 Å². The van der Waals surface area contributed by atoms with Crippen molar-refractivity contribution in [2.45, 2.75) is 89.6 Å². The summed E-state index contributed by atoms with van der Waals surface area (Å²) in [5.74, 6) is 0. The molecule has 0 aromatic heterocycles. The number of ether oxygens (including phenoxy) is 1. The molecule has 1 spiro atoms. The Kier molecular flexibility index (Phi) is 5.81. The van der Waals surface area contributed by atoms with Crippen LogP contribution in [0.2, 0.25) is 0 Å². The fourth-order valence-corrected chi connectivity index (χ4v) is 5.15. The molecule has 5 nitrogen and oxygen atoms in total. The number of piperidine rings is 2. The third-order valence-corrected chi connectivity index (χ3v) is 7.51. The van der Waals surface area contributed by atoms with E-state index < -0.39 is 0 Å². The summed E-state index contributed by atoms with van der Waals surface area (Å²) >= 11 is 0. The van der Waals surface area contributed by atoms with Gasteiger partial charge in [-0.25, -0.2) is 0 Å². The van der Waals surface area contributed by atoms with E-state index in [2.05, 4.69) is 37.5 Å². The van der Waals surface area contributed by atoms with Gasteiger partial charge in [0, 0.05) is 42.2 Å². The molecular formula is C20H40N4O. The van der Waals surface area contributed by atoms with Gasteiger partial charge in [0.25, 0.3) is 0 Å². The summed E-state index contributed by atoms with van der Waals surface area (Å²) < 4.78 is 5.85. The zero-order valence-electron chi connectivity index (χ0n) is 16.8. The lowest BCUT2D eigenvalue weighted by Crippen LogP contribution is -2.54. The molecule has 0 aromatic carbocycles. The van der Waals surface area contributed by atoms with Crippen molar-refractivity contribution in [3.05, 3.63) is 0 Å². The van der Waals surface area contributed by atoms with Crippen LogP contribution in [0.15, 0.2) is 0 Å². The van der Waals surface area contributed by atoms with Crippen molar-refractivity contribution in [1.82, 2.24) is 9.80 Å². The smallest absolute Gasteiger partial charge is 0.0704 e. The van der Waals surface area contributed by atoms with Crippen molar-refractivity contribution < 1.29 is 4.74 Å². The Morgan fingerprint density at radius 1 is 1.00 bits per heavy atom. The van der Waals surface area contributed by atoms with Crippen LogP contribution >= 0.6 is 0 Å². The Morgan fingerprint density at radius 3 is 1.92 bits per heavy atom. The van der Waals surface area contributed by atoms with E-state index in [4.69, 9.17) is 16.2 Å². The fraction of sp³-hybridized carbons (Fsp3) is 1.00. The molecule has 146 valence electrons. The molecule has 0 saturated carbocycles. The van der Waals surface area contributed by atoms with Crippen LogP contribution in [-0.4, -0.2) is 72.4 Å². The first-order valence-corrected chi connectivity index (χ1v) is 10.4. The standard InChI is InChI=1S/C20H40N4O/c1-15(23-9-5-19(4,22)6-10-23)13-16(2)24-11-7-20(8-12-24)14-25-17(3)18(20)21/h15-18H,5-14,21-22H2,1-4H3/t15?,16?,17-,18+/m0/s1. The zero-order chi connectivity index (χ0) is 18.2. The number of hydrogen-bond donors (Lipinski definition) is 2. The van der Waals surface area contributed by atoms with Crippen LogP contribution in [0.1, 0.15) is 59.8 Å². The summed E-state index contributed by atoms with van der Waals surface area (Å²) in [7, 11) is 0. The quantitative estimate of drug-likeness (QED) is 0.807. The van der Waals surface area contributed by atoms with E-state index in [1.165, 1.54) is 32.4 Å². The lowest BCUT2D eigenvalue weighted by atomic mass is 9.73. The Bertz CT molecular complexity index is 437. The van der Waals surface area contributed by atoms with Crippen molar-refractivity contribution >= 4 is 0 Å².